The summed E-state index contributed by atoms with van der Waals surface area (Å²) in [5.74, 6) is 0.753. The number of hydrogen-bond acceptors (Lipinski definition) is 0. The van der Waals surface area contributed by atoms with Crippen LogP contribution in [-0.4, -0.2) is 5.88 Å². The summed E-state index contributed by atoms with van der Waals surface area (Å²) in [5.41, 5.74) is 0. The maximum Gasteiger partial charge on any atom is 0.0257 e. The van der Waals surface area contributed by atoms with Gasteiger partial charge in [-0.25, -0.2) is 0 Å². The highest BCUT2D eigenvalue weighted by atomic mass is 35.5. The zero-order valence-corrected chi connectivity index (χ0v) is 6.82. The first-order chi connectivity index (χ1) is 4.41. The van der Waals surface area contributed by atoms with E-state index in [4.69, 9.17) is 11.6 Å². The number of allylic oxidation sites excluding steroid dienone is 2. The first-order valence-corrected chi connectivity index (χ1v) is 4.16. The lowest BCUT2D eigenvalue weighted by Gasteiger charge is -1.86. The number of hydrogen-bond donors (Lipinski definition) is 0. The van der Waals surface area contributed by atoms with Crippen molar-refractivity contribution in [2.75, 3.05) is 5.88 Å². The van der Waals surface area contributed by atoms with Gasteiger partial charge in [0.25, 0.3) is 0 Å². The molecular weight excluding hydrogens is 132 g/mol. The number of halogens is 1. The average Bonchev–Trinajstić information content (AvgIpc) is 1.89. The van der Waals surface area contributed by atoms with Gasteiger partial charge in [0.2, 0.25) is 0 Å². The Hall–Kier alpha value is 0.0300. The van der Waals surface area contributed by atoms with Crippen molar-refractivity contribution in [3.8, 4) is 0 Å². The zero-order chi connectivity index (χ0) is 6.95. The van der Waals surface area contributed by atoms with Crippen molar-refractivity contribution in [3.05, 3.63) is 12.2 Å². The Labute approximate surface area is 62.9 Å². The molecule has 0 bridgehead atoms. The summed E-state index contributed by atoms with van der Waals surface area (Å²) in [6.07, 6.45) is 9.19. The summed E-state index contributed by atoms with van der Waals surface area (Å²) in [7, 11) is 0. The molecule has 0 rings (SSSR count). The average molecular weight is 147 g/mol. The first kappa shape index (κ1) is 9.03. The van der Waals surface area contributed by atoms with E-state index >= 15 is 0 Å². The van der Waals surface area contributed by atoms with E-state index in [2.05, 4.69) is 19.1 Å². The quantitative estimate of drug-likeness (QED) is 0.317. The van der Waals surface area contributed by atoms with Crippen LogP contribution in [0, 0.1) is 0 Å². The summed E-state index contributed by atoms with van der Waals surface area (Å²) >= 11 is 5.46. The van der Waals surface area contributed by atoms with Gasteiger partial charge in [-0.2, -0.15) is 0 Å². The topological polar surface area (TPSA) is 0 Å². The smallest absolute Gasteiger partial charge is 0.0257 e. The standard InChI is InChI=1S/C8H15Cl/c1-2-3-4-5-6-7-8-9/h5-6H,2-4,7-8H2,1H3. The second-order valence-electron chi connectivity index (χ2n) is 2.09. The molecule has 0 aromatic heterocycles. The molecule has 0 amide bonds. The minimum atomic E-state index is 0.753. The third-order valence-electron chi connectivity index (χ3n) is 1.17. The van der Waals surface area contributed by atoms with Crippen LogP contribution in [-0.2, 0) is 0 Å². The molecule has 0 N–H and O–H groups in total. The van der Waals surface area contributed by atoms with Crippen LogP contribution in [0.15, 0.2) is 12.2 Å². The normalized spacial score (nSPS) is 10.9. The monoisotopic (exact) mass is 146 g/mol. The van der Waals surface area contributed by atoms with Crippen LogP contribution in [0.1, 0.15) is 32.6 Å². The molecule has 0 heterocycles. The lowest BCUT2D eigenvalue weighted by atomic mass is 10.2. The molecule has 0 fully saturated rings. The molecule has 1 heteroatoms. The van der Waals surface area contributed by atoms with Gasteiger partial charge >= 0.3 is 0 Å². The van der Waals surface area contributed by atoms with Crippen LogP contribution in [0.25, 0.3) is 0 Å². The number of unbranched alkanes of at least 4 members (excludes halogenated alkanes) is 2. The van der Waals surface area contributed by atoms with E-state index in [0.29, 0.717) is 0 Å². The van der Waals surface area contributed by atoms with Crippen LogP contribution < -0.4 is 0 Å². The van der Waals surface area contributed by atoms with Gasteiger partial charge in [-0.05, 0) is 12.8 Å². The molecule has 0 aromatic carbocycles. The van der Waals surface area contributed by atoms with E-state index in [-0.39, 0.29) is 0 Å². The summed E-state index contributed by atoms with van der Waals surface area (Å²) in [5, 5.41) is 0. The van der Waals surface area contributed by atoms with Crippen molar-refractivity contribution < 1.29 is 0 Å². The molecule has 0 nitrogen and oxygen atoms in total. The van der Waals surface area contributed by atoms with Gasteiger partial charge in [0.05, 0.1) is 0 Å². The highest BCUT2D eigenvalue weighted by molar-refractivity contribution is 6.17. The molecule has 0 aromatic rings. The molecule has 0 atom stereocenters. The Morgan fingerprint density at radius 1 is 1.22 bits per heavy atom. The van der Waals surface area contributed by atoms with Gasteiger partial charge in [-0.1, -0.05) is 31.9 Å². The van der Waals surface area contributed by atoms with Crippen molar-refractivity contribution >= 4 is 11.6 Å². The molecule has 54 valence electrons. The zero-order valence-electron chi connectivity index (χ0n) is 6.07. The largest absolute Gasteiger partial charge is 0.126 e. The Bertz CT molecular complexity index is 67.0. The fourth-order valence-corrected chi connectivity index (χ4v) is 0.747. The summed E-state index contributed by atoms with van der Waals surface area (Å²) in [6, 6.07) is 0. The van der Waals surface area contributed by atoms with Crippen molar-refractivity contribution in [1.82, 2.24) is 0 Å². The highest BCUT2D eigenvalue weighted by Crippen LogP contribution is 1.96. The number of rotatable bonds is 5. The van der Waals surface area contributed by atoms with Gasteiger partial charge in [-0.15, -0.1) is 11.6 Å². The van der Waals surface area contributed by atoms with E-state index in [0.717, 1.165) is 12.3 Å². The second kappa shape index (κ2) is 8.03. The molecule has 0 unspecified atom stereocenters. The summed E-state index contributed by atoms with van der Waals surface area (Å²) in [6.45, 7) is 2.20. The molecule has 0 radical (unpaired) electrons. The third kappa shape index (κ3) is 8.03. The van der Waals surface area contributed by atoms with Crippen molar-refractivity contribution in [2.24, 2.45) is 0 Å². The van der Waals surface area contributed by atoms with Crippen molar-refractivity contribution in [2.45, 2.75) is 32.6 Å². The number of alkyl halides is 1. The lowest BCUT2D eigenvalue weighted by molar-refractivity contribution is 0.813. The highest BCUT2D eigenvalue weighted by Gasteiger charge is 1.77. The molecule has 0 aliphatic carbocycles. The molecule has 0 saturated carbocycles. The maximum atomic E-state index is 5.46. The van der Waals surface area contributed by atoms with Crippen LogP contribution in [0.3, 0.4) is 0 Å². The molecule has 0 spiro atoms. The van der Waals surface area contributed by atoms with Crippen molar-refractivity contribution in [3.63, 3.8) is 0 Å². The van der Waals surface area contributed by atoms with Crippen molar-refractivity contribution in [1.29, 1.82) is 0 Å². The second-order valence-corrected chi connectivity index (χ2v) is 2.47. The maximum absolute atomic E-state index is 5.46. The van der Waals surface area contributed by atoms with E-state index in [1.807, 2.05) is 0 Å². The summed E-state index contributed by atoms with van der Waals surface area (Å²) in [4.78, 5) is 0. The van der Waals surface area contributed by atoms with Gasteiger partial charge < -0.3 is 0 Å². The predicted octanol–water partition coefficient (Wildman–Crippen LogP) is 3.36. The Balaban J connectivity index is 2.86. The predicted molar refractivity (Wildman–Crippen MR) is 44.0 cm³/mol. The third-order valence-corrected chi connectivity index (χ3v) is 1.39. The fraction of sp³-hybridized carbons (Fsp3) is 0.750. The fourth-order valence-electron chi connectivity index (χ4n) is 0.621. The van der Waals surface area contributed by atoms with E-state index < -0.39 is 0 Å². The minimum absolute atomic E-state index is 0.753. The van der Waals surface area contributed by atoms with Crippen LogP contribution in [0.5, 0.6) is 0 Å². The van der Waals surface area contributed by atoms with Gasteiger partial charge in [0.1, 0.15) is 0 Å². The Morgan fingerprint density at radius 3 is 2.44 bits per heavy atom. The minimum Gasteiger partial charge on any atom is -0.126 e. The lowest BCUT2D eigenvalue weighted by Crippen LogP contribution is -1.68. The molecule has 0 aliphatic heterocycles. The van der Waals surface area contributed by atoms with E-state index in [1.165, 1.54) is 19.3 Å². The van der Waals surface area contributed by atoms with E-state index in [1.54, 1.807) is 0 Å². The SMILES string of the molecule is CCCCC=CCCCl. The Morgan fingerprint density at radius 2 is 1.89 bits per heavy atom. The molecule has 0 aliphatic rings. The van der Waals surface area contributed by atoms with Crippen LogP contribution in [0.2, 0.25) is 0 Å². The van der Waals surface area contributed by atoms with E-state index in [9.17, 15) is 0 Å². The molecule has 9 heavy (non-hydrogen) atoms. The molecule has 0 saturated heterocycles. The Kier molecular flexibility index (Phi) is 8.06. The first-order valence-electron chi connectivity index (χ1n) is 3.62. The van der Waals surface area contributed by atoms with Crippen LogP contribution in [0.4, 0.5) is 0 Å². The van der Waals surface area contributed by atoms with Gasteiger partial charge in [-0.3, -0.25) is 0 Å². The van der Waals surface area contributed by atoms with Gasteiger partial charge in [0.15, 0.2) is 0 Å². The summed E-state index contributed by atoms with van der Waals surface area (Å²) < 4.78 is 0. The molecular formula is C8H15Cl. The van der Waals surface area contributed by atoms with Gasteiger partial charge in [0, 0.05) is 5.88 Å². The van der Waals surface area contributed by atoms with Crippen LogP contribution >= 0.6 is 11.6 Å².